The van der Waals surface area contributed by atoms with Crippen molar-refractivity contribution in [3.63, 3.8) is 0 Å². The SMILES string of the molecule is CC(Cc1ccccc1)N1C(=O)CC(O)CC1=O. The zero-order valence-electron chi connectivity index (χ0n) is 10.4. The minimum Gasteiger partial charge on any atom is -0.392 e. The summed E-state index contributed by atoms with van der Waals surface area (Å²) in [5.74, 6) is -0.552. The molecule has 4 heteroatoms. The molecular weight excluding hydrogens is 230 g/mol. The number of benzene rings is 1. The molecule has 1 unspecified atom stereocenters. The smallest absolute Gasteiger partial charge is 0.232 e. The van der Waals surface area contributed by atoms with E-state index in [0.29, 0.717) is 6.42 Å². The molecule has 0 aromatic heterocycles. The van der Waals surface area contributed by atoms with Crippen LogP contribution in [0, 0.1) is 0 Å². The number of imide groups is 1. The minimum atomic E-state index is -0.815. The van der Waals surface area contributed by atoms with Gasteiger partial charge in [0.25, 0.3) is 0 Å². The number of nitrogens with zero attached hydrogens (tertiary/aromatic N) is 1. The summed E-state index contributed by atoms with van der Waals surface area (Å²) in [5, 5.41) is 9.37. The van der Waals surface area contributed by atoms with Crippen LogP contribution in [0.25, 0.3) is 0 Å². The Bertz CT molecular complexity index is 426. The number of piperidine rings is 1. The number of amides is 2. The summed E-state index contributed by atoms with van der Waals surface area (Å²) in [6.45, 7) is 1.86. The van der Waals surface area contributed by atoms with Gasteiger partial charge in [0.05, 0.1) is 18.9 Å². The number of carbonyl (C=O) groups excluding carboxylic acids is 2. The summed E-state index contributed by atoms with van der Waals surface area (Å²) in [7, 11) is 0. The molecule has 18 heavy (non-hydrogen) atoms. The fraction of sp³-hybridized carbons (Fsp3) is 0.429. The monoisotopic (exact) mass is 247 g/mol. The lowest BCUT2D eigenvalue weighted by Gasteiger charge is -2.32. The van der Waals surface area contributed by atoms with Gasteiger partial charge >= 0.3 is 0 Å². The summed E-state index contributed by atoms with van der Waals surface area (Å²) in [5.41, 5.74) is 1.09. The number of carbonyl (C=O) groups is 2. The average Bonchev–Trinajstić information content (AvgIpc) is 2.28. The highest BCUT2D eigenvalue weighted by Gasteiger charge is 2.34. The summed E-state index contributed by atoms with van der Waals surface area (Å²) >= 11 is 0. The largest absolute Gasteiger partial charge is 0.392 e. The van der Waals surface area contributed by atoms with E-state index in [0.717, 1.165) is 5.56 Å². The van der Waals surface area contributed by atoms with Gasteiger partial charge in [-0.25, -0.2) is 0 Å². The molecule has 2 rings (SSSR count). The van der Waals surface area contributed by atoms with Gasteiger partial charge in [0.2, 0.25) is 11.8 Å². The van der Waals surface area contributed by atoms with Crippen LogP contribution in [0.4, 0.5) is 0 Å². The first-order valence-electron chi connectivity index (χ1n) is 6.15. The van der Waals surface area contributed by atoms with Gasteiger partial charge < -0.3 is 5.11 Å². The Morgan fingerprint density at radius 3 is 2.33 bits per heavy atom. The average molecular weight is 247 g/mol. The zero-order chi connectivity index (χ0) is 13.1. The van der Waals surface area contributed by atoms with E-state index in [1.54, 1.807) is 0 Å². The van der Waals surface area contributed by atoms with E-state index < -0.39 is 6.10 Å². The predicted octanol–water partition coefficient (Wildman–Crippen LogP) is 1.13. The predicted molar refractivity (Wildman–Crippen MR) is 66.7 cm³/mol. The number of rotatable bonds is 3. The molecule has 0 radical (unpaired) electrons. The first kappa shape index (κ1) is 12.8. The van der Waals surface area contributed by atoms with Crippen molar-refractivity contribution in [2.75, 3.05) is 0 Å². The van der Waals surface area contributed by atoms with E-state index in [1.165, 1.54) is 4.90 Å². The number of hydrogen-bond acceptors (Lipinski definition) is 3. The summed E-state index contributed by atoms with van der Waals surface area (Å²) in [6.07, 6.45) is -0.0744. The number of aliphatic hydroxyl groups is 1. The fourth-order valence-corrected chi connectivity index (χ4v) is 2.35. The topological polar surface area (TPSA) is 57.6 Å². The summed E-state index contributed by atoms with van der Waals surface area (Å²) in [4.78, 5) is 24.9. The highest BCUT2D eigenvalue weighted by molar-refractivity contribution is 5.98. The van der Waals surface area contributed by atoms with Crippen molar-refractivity contribution in [1.82, 2.24) is 4.90 Å². The van der Waals surface area contributed by atoms with Crippen molar-refractivity contribution in [3.05, 3.63) is 35.9 Å². The van der Waals surface area contributed by atoms with E-state index in [1.807, 2.05) is 37.3 Å². The van der Waals surface area contributed by atoms with Gasteiger partial charge in [-0.3, -0.25) is 14.5 Å². The van der Waals surface area contributed by atoms with Crippen molar-refractivity contribution in [1.29, 1.82) is 0 Å². The Kier molecular flexibility index (Phi) is 3.77. The molecule has 0 aliphatic carbocycles. The quantitative estimate of drug-likeness (QED) is 0.814. The Hall–Kier alpha value is -1.68. The second-order valence-corrected chi connectivity index (χ2v) is 4.76. The molecule has 1 N–H and O–H groups in total. The second kappa shape index (κ2) is 5.31. The third kappa shape index (κ3) is 2.76. The lowest BCUT2D eigenvalue weighted by atomic mass is 10.0. The molecular formula is C14H17NO3. The maximum Gasteiger partial charge on any atom is 0.232 e. The fourth-order valence-electron chi connectivity index (χ4n) is 2.35. The molecule has 1 saturated heterocycles. The Morgan fingerprint density at radius 1 is 1.22 bits per heavy atom. The first-order valence-corrected chi connectivity index (χ1v) is 6.15. The van der Waals surface area contributed by atoms with Crippen LogP contribution in [0.15, 0.2) is 30.3 Å². The molecule has 1 aromatic rings. The molecule has 0 bridgehead atoms. The van der Waals surface area contributed by atoms with Crippen LogP contribution in [0.1, 0.15) is 25.3 Å². The Labute approximate surface area is 106 Å². The van der Waals surface area contributed by atoms with Crippen LogP contribution in [-0.4, -0.2) is 34.0 Å². The first-order chi connectivity index (χ1) is 8.58. The van der Waals surface area contributed by atoms with Crippen molar-refractivity contribution in [2.45, 2.75) is 38.3 Å². The van der Waals surface area contributed by atoms with Gasteiger partial charge in [-0.05, 0) is 18.9 Å². The van der Waals surface area contributed by atoms with Crippen LogP contribution in [0.5, 0.6) is 0 Å². The molecule has 2 amide bonds. The van der Waals surface area contributed by atoms with Crippen molar-refractivity contribution in [2.24, 2.45) is 0 Å². The van der Waals surface area contributed by atoms with Crippen LogP contribution < -0.4 is 0 Å². The molecule has 1 aliphatic rings. The van der Waals surface area contributed by atoms with Crippen molar-refractivity contribution >= 4 is 11.8 Å². The van der Waals surface area contributed by atoms with E-state index in [-0.39, 0.29) is 30.7 Å². The van der Waals surface area contributed by atoms with Gasteiger partial charge in [-0.2, -0.15) is 0 Å². The third-order valence-electron chi connectivity index (χ3n) is 3.17. The van der Waals surface area contributed by atoms with Gasteiger partial charge in [-0.1, -0.05) is 30.3 Å². The van der Waals surface area contributed by atoms with Gasteiger partial charge in [-0.15, -0.1) is 0 Å². The summed E-state index contributed by atoms with van der Waals surface area (Å²) in [6, 6.07) is 9.59. The lowest BCUT2D eigenvalue weighted by Crippen LogP contribution is -2.50. The van der Waals surface area contributed by atoms with E-state index in [4.69, 9.17) is 0 Å². The molecule has 0 saturated carbocycles. The molecule has 96 valence electrons. The van der Waals surface area contributed by atoms with Gasteiger partial charge in [0.1, 0.15) is 0 Å². The highest BCUT2D eigenvalue weighted by Crippen LogP contribution is 2.18. The number of hydrogen-bond donors (Lipinski definition) is 1. The molecule has 1 heterocycles. The summed E-state index contributed by atoms with van der Waals surface area (Å²) < 4.78 is 0. The zero-order valence-corrected chi connectivity index (χ0v) is 10.4. The van der Waals surface area contributed by atoms with Crippen LogP contribution in [0.3, 0.4) is 0 Å². The molecule has 1 aromatic carbocycles. The molecule has 1 fully saturated rings. The second-order valence-electron chi connectivity index (χ2n) is 4.76. The maximum atomic E-state index is 11.8. The Balaban J connectivity index is 2.06. The van der Waals surface area contributed by atoms with Crippen LogP contribution in [0.2, 0.25) is 0 Å². The van der Waals surface area contributed by atoms with E-state index in [2.05, 4.69) is 0 Å². The van der Waals surface area contributed by atoms with E-state index in [9.17, 15) is 14.7 Å². The van der Waals surface area contributed by atoms with Crippen molar-refractivity contribution in [3.8, 4) is 0 Å². The van der Waals surface area contributed by atoms with Crippen LogP contribution >= 0.6 is 0 Å². The standard InChI is InChI=1S/C14H17NO3/c1-10(7-11-5-3-2-4-6-11)15-13(17)8-12(16)9-14(15)18/h2-6,10,12,16H,7-9H2,1H3. The van der Waals surface area contributed by atoms with Crippen molar-refractivity contribution < 1.29 is 14.7 Å². The van der Waals surface area contributed by atoms with Gasteiger partial charge in [0.15, 0.2) is 0 Å². The van der Waals surface area contributed by atoms with E-state index >= 15 is 0 Å². The van der Waals surface area contributed by atoms with Crippen LogP contribution in [-0.2, 0) is 16.0 Å². The minimum absolute atomic E-state index is 0.0465. The van der Waals surface area contributed by atoms with Gasteiger partial charge in [0, 0.05) is 6.04 Å². The molecule has 0 spiro atoms. The Morgan fingerprint density at radius 2 is 1.78 bits per heavy atom. The lowest BCUT2D eigenvalue weighted by molar-refractivity contribution is -0.154. The third-order valence-corrected chi connectivity index (χ3v) is 3.17. The normalized spacial score (nSPS) is 19.1. The number of aliphatic hydroxyl groups excluding tert-OH is 1. The molecule has 4 nitrogen and oxygen atoms in total. The number of likely N-dealkylation sites (tertiary alicyclic amines) is 1. The molecule has 1 atom stereocenters. The highest BCUT2D eigenvalue weighted by atomic mass is 16.3. The molecule has 1 aliphatic heterocycles. The maximum absolute atomic E-state index is 11.8.